The molecule has 2 aromatic heterocycles. The van der Waals surface area contributed by atoms with Crippen LogP contribution in [-0.2, 0) is 0 Å². The van der Waals surface area contributed by atoms with Gasteiger partial charge in [0.1, 0.15) is 0 Å². The van der Waals surface area contributed by atoms with E-state index in [-0.39, 0.29) is 17.4 Å². The molecule has 5 rings (SSSR count). The van der Waals surface area contributed by atoms with Gasteiger partial charge in [-0.2, -0.15) is 0 Å². The molecular formula is C26H18ClN3O3S. The number of nitrogens with one attached hydrogen (secondary N) is 2. The van der Waals surface area contributed by atoms with Gasteiger partial charge in [-0.05, 0) is 59.7 Å². The van der Waals surface area contributed by atoms with E-state index in [1.807, 2.05) is 30.3 Å². The minimum absolute atomic E-state index is 0.153. The van der Waals surface area contributed by atoms with Crippen molar-refractivity contribution in [1.29, 1.82) is 0 Å². The average Bonchev–Trinajstić information content (AvgIpc) is 3.43. The number of benzene rings is 2. The smallest absolute Gasteiger partial charge is 0.265 e. The van der Waals surface area contributed by atoms with Gasteiger partial charge in [0.15, 0.2) is 0 Å². The maximum atomic E-state index is 13.1. The Morgan fingerprint density at radius 3 is 2.38 bits per heavy atom. The molecule has 0 aliphatic heterocycles. The molecule has 2 amide bonds. The zero-order chi connectivity index (χ0) is 23.7. The minimum Gasteiger partial charge on any atom is -0.340 e. The quantitative estimate of drug-likeness (QED) is 0.424. The molecule has 1 atom stereocenters. The fraction of sp³-hybridized carbons (Fsp3) is 0.0385. The summed E-state index contributed by atoms with van der Waals surface area (Å²) in [6.45, 7) is 0. The Bertz CT molecular complexity index is 1490. The van der Waals surface area contributed by atoms with Crippen LogP contribution in [0.25, 0.3) is 11.8 Å². The molecule has 0 radical (unpaired) electrons. The van der Waals surface area contributed by atoms with E-state index in [4.69, 9.17) is 11.6 Å². The highest BCUT2D eigenvalue weighted by molar-refractivity contribution is 7.18. The van der Waals surface area contributed by atoms with Crippen molar-refractivity contribution in [3.8, 4) is 5.69 Å². The molecule has 0 spiro atoms. The Morgan fingerprint density at radius 1 is 0.882 bits per heavy atom. The van der Waals surface area contributed by atoms with Crippen molar-refractivity contribution in [3.63, 3.8) is 0 Å². The Labute approximate surface area is 204 Å². The third kappa shape index (κ3) is 4.31. The lowest BCUT2D eigenvalue weighted by molar-refractivity contribution is 0.0925. The topological polar surface area (TPSA) is 80.2 Å². The van der Waals surface area contributed by atoms with E-state index in [2.05, 4.69) is 10.6 Å². The lowest BCUT2D eigenvalue weighted by atomic mass is 10.1. The highest BCUT2D eigenvalue weighted by Gasteiger charge is 2.28. The Kier molecular flexibility index (Phi) is 5.88. The van der Waals surface area contributed by atoms with E-state index in [1.165, 1.54) is 22.0 Å². The Morgan fingerprint density at radius 2 is 1.65 bits per heavy atom. The number of pyridine rings is 1. The maximum absolute atomic E-state index is 13.1. The Balaban J connectivity index is 1.37. The van der Waals surface area contributed by atoms with Crippen LogP contribution < -0.4 is 16.2 Å². The minimum atomic E-state index is -0.514. The highest BCUT2D eigenvalue weighted by atomic mass is 35.5. The lowest BCUT2D eigenvalue weighted by Crippen LogP contribution is -2.34. The second-order valence-electron chi connectivity index (χ2n) is 7.65. The van der Waals surface area contributed by atoms with Gasteiger partial charge < -0.3 is 10.6 Å². The molecule has 34 heavy (non-hydrogen) atoms. The number of fused-ring (bicyclic) bond motifs is 1. The first kappa shape index (κ1) is 21.9. The largest absolute Gasteiger partial charge is 0.340 e. The van der Waals surface area contributed by atoms with Crippen LogP contribution in [0.4, 0.5) is 0 Å². The summed E-state index contributed by atoms with van der Waals surface area (Å²) >= 11 is 7.16. The maximum Gasteiger partial charge on any atom is 0.265 e. The summed E-state index contributed by atoms with van der Waals surface area (Å²) in [7, 11) is 0. The highest BCUT2D eigenvalue weighted by Crippen LogP contribution is 2.33. The molecule has 2 heterocycles. The number of halogens is 1. The SMILES string of the molecule is O=C(NC1C(NC(=O)c2ccc(Cl)s2)=Cc2ccccc21)c1ccc(-n2ccccc2=O)cc1. The summed E-state index contributed by atoms with van der Waals surface area (Å²) in [6, 6.07) is 22.2. The van der Waals surface area contributed by atoms with Gasteiger partial charge in [0.25, 0.3) is 17.4 Å². The monoisotopic (exact) mass is 487 g/mol. The van der Waals surface area contributed by atoms with E-state index in [9.17, 15) is 14.4 Å². The first-order chi connectivity index (χ1) is 16.5. The third-order valence-corrected chi connectivity index (χ3v) is 6.72. The number of amides is 2. The van der Waals surface area contributed by atoms with E-state index in [0.717, 1.165) is 11.1 Å². The van der Waals surface area contributed by atoms with Gasteiger partial charge in [0.2, 0.25) is 0 Å². The lowest BCUT2D eigenvalue weighted by Gasteiger charge is -2.19. The molecule has 168 valence electrons. The fourth-order valence-corrected chi connectivity index (χ4v) is 4.78. The van der Waals surface area contributed by atoms with Gasteiger partial charge in [-0.3, -0.25) is 19.0 Å². The standard InChI is InChI=1S/C26H18ClN3O3S/c27-22-13-12-21(34-22)26(33)28-20-15-17-5-1-2-6-19(17)24(20)29-25(32)16-8-10-18(11-9-16)30-14-4-3-7-23(30)31/h1-15,24H,(H,28,33)(H,29,32). The molecule has 1 aliphatic rings. The molecule has 0 bridgehead atoms. The summed E-state index contributed by atoms with van der Waals surface area (Å²) in [4.78, 5) is 38.4. The first-order valence-corrected chi connectivity index (χ1v) is 11.7. The summed E-state index contributed by atoms with van der Waals surface area (Å²) in [6.07, 6.45) is 3.53. The van der Waals surface area contributed by atoms with Crippen molar-refractivity contribution in [1.82, 2.24) is 15.2 Å². The molecule has 6 nitrogen and oxygen atoms in total. The summed E-state index contributed by atoms with van der Waals surface area (Å²) in [5, 5.41) is 5.94. The second-order valence-corrected chi connectivity index (χ2v) is 9.36. The van der Waals surface area contributed by atoms with Crippen molar-refractivity contribution >= 4 is 40.8 Å². The third-order valence-electron chi connectivity index (χ3n) is 5.49. The van der Waals surface area contributed by atoms with E-state index < -0.39 is 6.04 Å². The van der Waals surface area contributed by atoms with Crippen LogP contribution in [0.2, 0.25) is 4.34 Å². The van der Waals surface area contributed by atoms with Crippen LogP contribution in [0, 0.1) is 0 Å². The molecule has 4 aromatic rings. The number of aromatic nitrogens is 1. The van der Waals surface area contributed by atoms with E-state index in [1.54, 1.807) is 54.7 Å². The van der Waals surface area contributed by atoms with Crippen molar-refractivity contribution in [3.05, 3.63) is 127 Å². The number of rotatable bonds is 5. The van der Waals surface area contributed by atoms with Crippen LogP contribution >= 0.6 is 22.9 Å². The summed E-state index contributed by atoms with van der Waals surface area (Å²) in [5.74, 6) is -0.583. The predicted octanol–water partition coefficient (Wildman–Crippen LogP) is 4.81. The zero-order valence-electron chi connectivity index (χ0n) is 17.7. The van der Waals surface area contributed by atoms with Crippen molar-refractivity contribution < 1.29 is 9.59 Å². The van der Waals surface area contributed by atoms with Gasteiger partial charge in [-0.25, -0.2) is 0 Å². The number of hydrogen-bond acceptors (Lipinski definition) is 4. The first-order valence-electron chi connectivity index (χ1n) is 10.5. The Hall–Kier alpha value is -3.94. The molecular weight excluding hydrogens is 470 g/mol. The number of thiophene rings is 1. The number of carbonyl (C=O) groups is 2. The van der Waals surface area contributed by atoms with Gasteiger partial charge in [0, 0.05) is 29.2 Å². The van der Waals surface area contributed by atoms with Crippen molar-refractivity contribution in [2.75, 3.05) is 0 Å². The molecule has 0 saturated heterocycles. The van der Waals surface area contributed by atoms with E-state index in [0.29, 0.717) is 26.2 Å². The van der Waals surface area contributed by atoms with Crippen molar-refractivity contribution in [2.45, 2.75) is 6.04 Å². The van der Waals surface area contributed by atoms with Crippen LogP contribution in [0.15, 0.2) is 95.6 Å². The normalized spacial score (nSPS) is 14.3. The van der Waals surface area contributed by atoms with Crippen LogP contribution in [0.5, 0.6) is 0 Å². The van der Waals surface area contributed by atoms with Crippen LogP contribution in [0.3, 0.4) is 0 Å². The number of carbonyl (C=O) groups excluding carboxylic acids is 2. The molecule has 0 saturated carbocycles. The number of hydrogen-bond donors (Lipinski definition) is 2. The van der Waals surface area contributed by atoms with Gasteiger partial charge in [-0.15, -0.1) is 11.3 Å². The predicted molar refractivity (Wildman–Crippen MR) is 133 cm³/mol. The van der Waals surface area contributed by atoms with Crippen LogP contribution in [-0.4, -0.2) is 16.4 Å². The van der Waals surface area contributed by atoms with Gasteiger partial charge >= 0.3 is 0 Å². The molecule has 2 aromatic carbocycles. The molecule has 1 aliphatic carbocycles. The fourth-order valence-electron chi connectivity index (χ4n) is 3.84. The average molecular weight is 488 g/mol. The van der Waals surface area contributed by atoms with Crippen molar-refractivity contribution in [2.24, 2.45) is 0 Å². The zero-order valence-corrected chi connectivity index (χ0v) is 19.3. The molecule has 0 fully saturated rings. The van der Waals surface area contributed by atoms with Crippen LogP contribution in [0.1, 0.15) is 37.2 Å². The molecule has 1 unspecified atom stereocenters. The summed E-state index contributed by atoms with van der Waals surface area (Å²) in [5.41, 5.74) is 3.34. The van der Waals surface area contributed by atoms with Gasteiger partial charge in [-0.1, -0.05) is 41.9 Å². The van der Waals surface area contributed by atoms with Gasteiger partial charge in [0.05, 0.1) is 15.3 Å². The molecule has 2 N–H and O–H groups in total. The van der Waals surface area contributed by atoms with E-state index >= 15 is 0 Å². The molecule has 8 heteroatoms. The number of nitrogens with zero attached hydrogens (tertiary/aromatic N) is 1. The summed E-state index contributed by atoms with van der Waals surface area (Å²) < 4.78 is 2.03. The second kappa shape index (κ2) is 9.13.